The van der Waals surface area contributed by atoms with E-state index in [0.717, 1.165) is 64.5 Å². The molecule has 0 spiro atoms. The third-order valence-corrected chi connectivity index (χ3v) is 11.2. The summed E-state index contributed by atoms with van der Waals surface area (Å²) in [7, 11) is -3.26. The first-order valence-corrected chi connectivity index (χ1v) is 19.2. The van der Waals surface area contributed by atoms with E-state index in [9.17, 15) is 18.5 Å². The molecule has 1 saturated heterocycles. The van der Waals surface area contributed by atoms with Gasteiger partial charge in [-0.15, -0.1) is 0 Å². The highest BCUT2D eigenvalue weighted by Gasteiger charge is 2.35. The standard InChI is InChI=1S/C35H34ClN3O4.C4H7NO3S/c1-24-28(6-5-7-30(24)27-8-9-32-35(16-27)41-13-12-40-32)23-43-34-17-33(42-22-26-14-25(18-37)19-38-20-26)29(15-31(34)36)21-39-10-3-2-4-11-39;6-3-5-9(7,8)4-1-2-4/h5-9,14-17,19-20H,2-4,10-13,21-23H2,1H3;3-4H,1-2H2,(H,5,6). The molecule has 0 unspecified atom stereocenters. The number of fused-ring (bicyclic) bond motifs is 1. The molecule has 13 heteroatoms. The van der Waals surface area contributed by atoms with E-state index in [4.69, 9.17) is 30.5 Å². The number of piperidine rings is 1. The van der Waals surface area contributed by atoms with E-state index >= 15 is 0 Å². The lowest BCUT2D eigenvalue weighted by Gasteiger charge is -2.27. The van der Waals surface area contributed by atoms with Crippen LogP contribution in [0.25, 0.3) is 11.1 Å². The Morgan fingerprint density at radius 3 is 2.48 bits per heavy atom. The fourth-order valence-electron chi connectivity index (χ4n) is 6.15. The molecule has 11 nitrogen and oxygen atoms in total. The molecule has 0 radical (unpaired) electrons. The van der Waals surface area contributed by atoms with Crippen molar-refractivity contribution < 1.29 is 32.2 Å². The maximum atomic E-state index is 10.7. The monoisotopic (exact) mass is 744 g/mol. The van der Waals surface area contributed by atoms with Crippen LogP contribution in [-0.4, -0.2) is 56.3 Å². The molecule has 0 atom stereocenters. The lowest BCUT2D eigenvalue weighted by Crippen LogP contribution is -2.29. The van der Waals surface area contributed by atoms with Crippen LogP contribution in [0.3, 0.4) is 0 Å². The Kier molecular flexibility index (Phi) is 12.2. The number of aromatic nitrogens is 1. The van der Waals surface area contributed by atoms with Gasteiger partial charge in [-0.1, -0.05) is 42.3 Å². The number of carbonyl (C=O) groups is 1. The number of ether oxygens (including phenoxy) is 4. The second-order valence-electron chi connectivity index (χ2n) is 12.9. The van der Waals surface area contributed by atoms with Crippen LogP contribution < -0.4 is 23.7 Å². The van der Waals surface area contributed by atoms with Gasteiger partial charge >= 0.3 is 0 Å². The molecule has 2 fully saturated rings. The number of pyridine rings is 1. The Labute approximate surface area is 309 Å². The van der Waals surface area contributed by atoms with Crippen LogP contribution in [0.2, 0.25) is 5.02 Å². The number of nitrogens with zero attached hydrogens (tertiary/aromatic N) is 3. The van der Waals surface area contributed by atoms with E-state index in [1.807, 2.05) is 30.3 Å². The summed E-state index contributed by atoms with van der Waals surface area (Å²) in [6.45, 7) is 6.73. The zero-order valence-corrected chi connectivity index (χ0v) is 30.5. The van der Waals surface area contributed by atoms with E-state index in [1.165, 1.54) is 19.3 Å². The number of amides is 1. The smallest absolute Gasteiger partial charge is 0.237 e. The van der Waals surface area contributed by atoms with E-state index in [2.05, 4.69) is 41.1 Å². The Bertz CT molecular complexity index is 2040. The number of carbonyl (C=O) groups excluding carboxylic acids is 1. The molecule has 1 N–H and O–H groups in total. The Balaban J connectivity index is 0.000000451. The fraction of sp³-hybridized carbons (Fsp3) is 0.359. The van der Waals surface area contributed by atoms with Gasteiger partial charge in [0.25, 0.3) is 0 Å². The van der Waals surface area contributed by atoms with Crippen LogP contribution in [-0.2, 0) is 34.6 Å². The maximum Gasteiger partial charge on any atom is 0.237 e. The summed E-state index contributed by atoms with van der Waals surface area (Å²) >= 11 is 6.81. The molecule has 3 aromatic carbocycles. The summed E-state index contributed by atoms with van der Waals surface area (Å²) in [5, 5.41) is 9.51. The summed E-state index contributed by atoms with van der Waals surface area (Å²) in [5.74, 6) is 2.82. The highest BCUT2D eigenvalue weighted by molar-refractivity contribution is 7.90. The van der Waals surface area contributed by atoms with Crippen LogP contribution in [0.5, 0.6) is 23.0 Å². The molecule has 1 aliphatic carbocycles. The number of nitrogens with one attached hydrogen (secondary N) is 1. The number of benzene rings is 3. The summed E-state index contributed by atoms with van der Waals surface area (Å²) in [6.07, 6.45) is 8.50. The van der Waals surface area contributed by atoms with E-state index in [0.29, 0.717) is 54.7 Å². The summed E-state index contributed by atoms with van der Waals surface area (Å²) in [4.78, 5) is 16.3. The number of halogens is 1. The summed E-state index contributed by atoms with van der Waals surface area (Å²) < 4.78 is 47.2. The first-order valence-electron chi connectivity index (χ1n) is 17.3. The average molecular weight is 745 g/mol. The average Bonchev–Trinajstić information content (AvgIpc) is 4.02. The van der Waals surface area contributed by atoms with Crippen molar-refractivity contribution in [2.75, 3.05) is 26.3 Å². The minimum atomic E-state index is -3.26. The molecule has 272 valence electrons. The van der Waals surface area contributed by atoms with Crippen molar-refractivity contribution in [1.29, 1.82) is 5.26 Å². The van der Waals surface area contributed by atoms with Crippen LogP contribution >= 0.6 is 11.6 Å². The van der Waals surface area contributed by atoms with E-state index in [1.54, 1.807) is 23.2 Å². The lowest BCUT2D eigenvalue weighted by atomic mass is 9.96. The zero-order chi connectivity index (χ0) is 36.5. The second kappa shape index (κ2) is 17.1. The predicted octanol–water partition coefficient (Wildman–Crippen LogP) is 6.72. The molecule has 3 aliphatic rings. The number of hydrogen-bond donors (Lipinski definition) is 1. The van der Waals surface area contributed by atoms with Gasteiger partial charge in [0, 0.05) is 36.1 Å². The third kappa shape index (κ3) is 9.53. The molecule has 1 amide bonds. The fourth-order valence-corrected chi connectivity index (χ4v) is 7.48. The van der Waals surface area contributed by atoms with Crippen LogP contribution in [0.4, 0.5) is 0 Å². The normalized spacial score (nSPS) is 15.4. The number of nitriles is 1. The molecular weight excluding hydrogens is 704 g/mol. The van der Waals surface area contributed by atoms with Crippen molar-refractivity contribution >= 4 is 28.0 Å². The van der Waals surface area contributed by atoms with Crippen LogP contribution in [0.15, 0.2) is 67.0 Å². The lowest BCUT2D eigenvalue weighted by molar-refractivity contribution is -0.108. The molecular formula is C39H41ClN4O7S. The SMILES string of the molecule is Cc1c(COc2cc(OCc3cncc(C#N)c3)c(CN3CCCCC3)cc2Cl)cccc1-c1ccc2c(c1)OCCO2.O=CNS(=O)(=O)C1CC1. The van der Waals surface area contributed by atoms with Gasteiger partial charge < -0.3 is 18.9 Å². The van der Waals surface area contributed by atoms with Crippen molar-refractivity contribution in [2.24, 2.45) is 0 Å². The molecule has 1 saturated carbocycles. The second-order valence-corrected chi connectivity index (χ2v) is 15.3. The highest BCUT2D eigenvalue weighted by atomic mass is 35.5. The topological polar surface area (TPSA) is 140 Å². The quantitative estimate of drug-likeness (QED) is 0.156. The van der Waals surface area contributed by atoms with Gasteiger partial charge in [0.05, 0.1) is 15.8 Å². The van der Waals surface area contributed by atoms with Crippen molar-refractivity contribution in [2.45, 2.75) is 64.0 Å². The maximum absolute atomic E-state index is 10.7. The number of sulfonamides is 1. The van der Waals surface area contributed by atoms with Crippen molar-refractivity contribution in [3.8, 4) is 40.2 Å². The molecule has 7 rings (SSSR count). The predicted molar refractivity (Wildman–Crippen MR) is 197 cm³/mol. The Hall–Kier alpha value is -4.83. The number of hydrogen-bond acceptors (Lipinski definition) is 10. The summed E-state index contributed by atoms with van der Waals surface area (Å²) in [5.41, 5.74) is 6.70. The molecule has 0 bridgehead atoms. The van der Waals surface area contributed by atoms with Gasteiger partial charge in [-0.25, -0.2) is 8.42 Å². The van der Waals surface area contributed by atoms with Crippen molar-refractivity contribution in [3.05, 3.63) is 99.8 Å². The number of rotatable bonds is 12. The first kappa shape index (κ1) is 36.9. The van der Waals surface area contributed by atoms with Crippen LogP contribution in [0.1, 0.15) is 59.9 Å². The highest BCUT2D eigenvalue weighted by Crippen LogP contribution is 2.38. The summed E-state index contributed by atoms with van der Waals surface area (Å²) in [6, 6.07) is 20.1. The number of likely N-dealkylation sites (tertiary alicyclic amines) is 1. The first-order chi connectivity index (χ1) is 25.2. The molecule has 52 heavy (non-hydrogen) atoms. The van der Waals surface area contributed by atoms with Crippen molar-refractivity contribution in [3.63, 3.8) is 0 Å². The molecule has 4 aromatic rings. The zero-order valence-electron chi connectivity index (χ0n) is 29.0. The van der Waals surface area contributed by atoms with Gasteiger partial charge in [0.15, 0.2) is 11.5 Å². The van der Waals surface area contributed by atoms with Crippen LogP contribution in [0, 0.1) is 18.3 Å². The van der Waals surface area contributed by atoms with Gasteiger partial charge in [-0.05, 0) is 92.2 Å². The van der Waals surface area contributed by atoms with Gasteiger partial charge in [-0.2, -0.15) is 5.26 Å². The largest absolute Gasteiger partial charge is 0.488 e. The Morgan fingerprint density at radius 2 is 1.73 bits per heavy atom. The molecule has 2 aliphatic heterocycles. The van der Waals surface area contributed by atoms with E-state index in [-0.39, 0.29) is 18.3 Å². The molecule has 1 aromatic heterocycles. The van der Waals surface area contributed by atoms with E-state index < -0.39 is 10.0 Å². The minimum Gasteiger partial charge on any atom is -0.488 e. The molecule has 3 heterocycles. The third-order valence-electron chi connectivity index (χ3n) is 9.13. The van der Waals surface area contributed by atoms with Gasteiger partial charge in [0.2, 0.25) is 16.4 Å². The Morgan fingerprint density at radius 1 is 0.962 bits per heavy atom. The van der Waals surface area contributed by atoms with Crippen molar-refractivity contribution in [1.82, 2.24) is 14.6 Å². The van der Waals surface area contributed by atoms with Gasteiger partial charge in [0.1, 0.15) is 44.0 Å². The van der Waals surface area contributed by atoms with Gasteiger partial charge in [-0.3, -0.25) is 19.4 Å². The minimum absolute atomic E-state index is 0.202.